The van der Waals surface area contributed by atoms with Gasteiger partial charge in [-0.3, -0.25) is 0 Å². The van der Waals surface area contributed by atoms with Gasteiger partial charge in [0.25, 0.3) is 0 Å². The summed E-state index contributed by atoms with van der Waals surface area (Å²) >= 11 is 0. The van der Waals surface area contributed by atoms with Crippen LogP contribution in [-0.4, -0.2) is 0 Å². The maximum Gasteiger partial charge on any atom is -0.0391 e. The van der Waals surface area contributed by atoms with Crippen LogP contribution >= 0.6 is 0 Å². The fourth-order valence-corrected chi connectivity index (χ4v) is 3.64. The van der Waals surface area contributed by atoms with Crippen molar-refractivity contribution in [3.63, 3.8) is 0 Å². The van der Waals surface area contributed by atoms with Gasteiger partial charge in [0, 0.05) is 0 Å². The predicted molar refractivity (Wildman–Crippen MR) is 77.9 cm³/mol. The van der Waals surface area contributed by atoms with Crippen LogP contribution < -0.4 is 0 Å². The molecule has 1 rings (SSSR count). The Hall–Kier alpha value is 0. The predicted octanol–water partition coefficient (Wildman–Crippen LogP) is 5.87. The monoisotopic (exact) mass is 237 g/mol. The minimum absolute atomic E-state index is 0.905. The molecule has 1 atom stereocenters. The van der Waals surface area contributed by atoms with E-state index in [1.807, 2.05) is 0 Å². The molecule has 17 heavy (non-hydrogen) atoms. The van der Waals surface area contributed by atoms with Crippen LogP contribution in [0, 0.1) is 30.6 Å². The minimum atomic E-state index is 0.905. The molecule has 0 aliphatic heterocycles. The van der Waals surface area contributed by atoms with Crippen LogP contribution in [0.15, 0.2) is 0 Å². The quantitative estimate of drug-likeness (QED) is 0.519. The maximum absolute atomic E-state index is 4.04. The van der Waals surface area contributed by atoms with Crippen molar-refractivity contribution < 1.29 is 0 Å². The summed E-state index contributed by atoms with van der Waals surface area (Å²) in [6.45, 7) is 11.2. The van der Waals surface area contributed by atoms with Gasteiger partial charge in [-0.1, -0.05) is 66.2 Å². The molecule has 0 spiro atoms. The average Bonchev–Trinajstić information content (AvgIpc) is 2.30. The van der Waals surface area contributed by atoms with Crippen molar-refractivity contribution in [2.75, 3.05) is 0 Å². The van der Waals surface area contributed by atoms with E-state index >= 15 is 0 Å². The first kappa shape index (κ1) is 15.1. The van der Waals surface area contributed by atoms with Gasteiger partial charge in [0.1, 0.15) is 0 Å². The van der Waals surface area contributed by atoms with E-state index < -0.39 is 0 Å². The van der Waals surface area contributed by atoms with Gasteiger partial charge in [-0.2, -0.15) is 0 Å². The topological polar surface area (TPSA) is 0 Å². The van der Waals surface area contributed by atoms with E-state index in [0.717, 1.165) is 30.1 Å². The first-order chi connectivity index (χ1) is 8.17. The highest BCUT2D eigenvalue weighted by Crippen LogP contribution is 2.37. The molecule has 0 nitrogen and oxygen atoms in total. The molecule has 1 aliphatic carbocycles. The van der Waals surface area contributed by atoms with Crippen LogP contribution in [0.25, 0.3) is 0 Å². The van der Waals surface area contributed by atoms with Crippen molar-refractivity contribution in [3.8, 4) is 0 Å². The minimum Gasteiger partial charge on any atom is -0.0654 e. The molecule has 1 saturated carbocycles. The first-order valence-electron chi connectivity index (χ1n) is 7.96. The summed E-state index contributed by atoms with van der Waals surface area (Å²) in [5, 5.41) is 0. The lowest BCUT2D eigenvalue weighted by Crippen LogP contribution is -2.20. The zero-order chi connectivity index (χ0) is 12.7. The maximum atomic E-state index is 4.04. The van der Waals surface area contributed by atoms with E-state index in [1.165, 1.54) is 51.4 Å². The van der Waals surface area contributed by atoms with Crippen LogP contribution in [0.5, 0.6) is 0 Å². The Morgan fingerprint density at radius 3 is 2.18 bits per heavy atom. The van der Waals surface area contributed by atoms with Crippen molar-refractivity contribution in [2.45, 2.75) is 78.6 Å². The third-order valence-electron chi connectivity index (χ3n) is 4.81. The number of hydrogen-bond donors (Lipinski definition) is 0. The molecule has 0 aromatic rings. The Morgan fingerprint density at radius 1 is 1.06 bits per heavy atom. The van der Waals surface area contributed by atoms with Gasteiger partial charge in [-0.25, -0.2) is 0 Å². The van der Waals surface area contributed by atoms with Crippen LogP contribution in [0.4, 0.5) is 0 Å². The summed E-state index contributed by atoms with van der Waals surface area (Å²) < 4.78 is 0. The fraction of sp³-hybridized carbons (Fsp3) is 0.941. The second-order valence-electron chi connectivity index (χ2n) is 6.56. The zero-order valence-electron chi connectivity index (χ0n) is 12.4. The highest BCUT2D eigenvalue weighted by Gasteiger charge is 2.24. The summed E-state index contributed by atoms with van der Waals surface area (Å²) in [4.78, 5) is 0. The normalized spacial score (nSPS) is 25.8. The molecular formula is C17H33. The standard InChI is InChI=1S/C17H33/c1-5-7-15(8-6-2)13-16-9-11-17(12-10-16)14(3)4/h14-17H,1,5-13H2,2-4H3. The summed E-state index contributed by atoms with van der Waals surface area (Å²) in [6.07, 6.45) is 12.8. The Balaban J connectivity index is 2.27. The molecule has 0 aromatic carbocycles. The third-order valence-corrected chi connectivity index (χ3v) is 4.81. The van der Waals surface area contributed by atoms with Crippen LogP contribution in [-0.2, 0) is 0 Å². The molecule has 1 fully saturated rings. The lowest BCUT2D eigenvalue weighted by atomic mass is 9.73. The Bertz CT molecular complexity index is 168. The molecule has 0 saturated heterocycles. The van der Waals surface area contributed by atoms with E-state index in [4.69, 9.17) is 0 Å². The Labute approximate surface area is 110 Å². The number of rotatable bonds is 7. The van der Waals surface area contributed by atoms with Gasteiger partial charge in [-0.05, 0) is 42.9 Å². The van der Waals surface area contributed by atoms with Crippen molar-refractivity contribution in [3.05, 3.63) is 6.92 Å². The third kappa shape index (κ3) is 5.44. The molecule has 0 N–H and O–H groups in total. The number of hydrogen-bond acceptors (Lipinski definition) is 0. The summed E-state index contributed by atoms with van der Waals surface area (Å²) in [5.41, 5.74) is 0. The van der Waals surface area contributed by atoms with Crippen molar-refractivity contribution in [1.82, 2.24) is 0 Å². The Morgan fingerprint density at radius 2 is 1.71 bits per heavy atom. The van der Waals surface area contributed by atoms with Crippen LogP contribution in [0.2, 0.25) is 0 Å². The average molecular weight is 237 g/mol. The first-order valence-corrected chi connectivity index (χ1v) is 7.96. The molecule has 1 aliphatic rings. The van der Waals surface area contributed by atoms with Gasteiger partial charge in [0.15, 0.2) is 0 Å². The van der Waals surface area contributed by atoms with E-state index in [9.17, 15) is 0 Å². The van der Waals surface area contributed by atoms with Gasteiger partial charge in [-0.15, -0.1) is 0 Å². The van der Waals surface area contributed by atoms with E-state index in [1.54, 1.807) is 0 Å². The fourth-order valence-electron chi connectivity index (χ4n) is 3.64. The second-order valence-corrected chi connectivity index (χ2v) is 6.56. The molecule has 0 heterocycles. The van der Waals surface area contributed by atoms with Crippen molar-refractivity contribution in [2.24, 2.45) is 23.7 Å². The van der Waals surface area contributed by atoms with Crippen LogP contribution in [0.3, 0.4) is 0 Å². The van der Waals surface area contributed by atoms with Crippen molar-refractivity contribution >= 4 is 0 Å². The van der Waals surface area contributed by atoms with Gasteiger partial charge >= 0.3 is 0 Å². The highest BCUT2D eigenvalue weighted by molar-refractivity contribution is 4.76. The molecular weight excluding hydrogens is 204 g/mol. The van der Waals surface area contributed by atoms with E-state index in [2.05, 4.69) is 27.7 Å². The molecule has 0 amide bonds. The second kappa shape index (κ2) is 8.16. The molecule has 0 heteroatoms. The van der Waals surface area contributed by atoms with Gasteiger partial charge in [0.05, 0.1) is 0 Å². The smallest absolute Gasteiger partial charge is 0.0391 e. The lowest BCUT2D eigenvalue weighted by molar-refractivity contribution is 0.193. The molecule has 1 radical (unpaired) electrons. The summed E-state index contributed by atoms with van der Waals surface area (Å²) in [7, 11) is 0. The summed E-state index contributed by atoms with van der Waals surface area (Å²) in [5.74, 6) is 3.93. The van der Waals surface area contributed by atoms with Gasteiger partial charge in [0.2, 0.25) is 0 Å². The molecule has 0 aromatic heterocycles. The highest BCUT2D eigenvalue weighted by atomic mass is 14.3. The molecule has 101 valence electrons. The van der Waals surface area contributed by atoms with E-state index in [0.29, 0.717) is 0 Å². The molecule has 0 bridgehead atoms. The van der Waals surface area contributed by atoms with Crippen molar-refractivity contribution in [1.29, 1.82) is 0 Å². The van der Waals surface area contributed by atoms with Gasteiger partial charge < -0.3 is 0 Å². The Kier molecular flexibility index (Phi) is 7.23. The largest absolute Gasteiger partial charge is 0.0654 e. The van der Waals surface area contributed by atoms with Crippen LogP contribution in [0.1, 0.15) is 78.6 Å². The van der Waals surface area contributed by atoms with E-state index in [-0.39, 0.29) is 0 Å². The zero-order valence-corrected chi connectivity index (χ0v) is 12.4. The SMILES string of the molecule is [CH2]CCC(CCC)CC1CCC(C(C)C)CC1. The lowest BCUT2D eigenvalue weighted by Gasteiger charge is -2.32. The summed E-state index contributed by atoms with van der Waals surface area (Å²) in [6, 6.07) is 0. The molecule has 1 unspecified atom stereocenters.